The Balaban J connectivity index is 1.91. The average Bonchev–Trinajstić information content (AvgIpc) is 2.53. The van der Waals surface area contributed by atoms with E-state index in [0.29, 0.717) is 30.9 Å². The van der Waals surface area contributed by atoms with Crippen molar-refractivity contribution in [3.05, 3.63) is 47.3 Å². The lowest BCUT2D eigenvalue weighted by molar-refractivity contribution is -0.137. The summed E-state index contributed by atoms with van der Waals surface area (Å²) >= 11 is 0. The minimum atomic E-state index is -4.36. The molecule has 2 heterocycles. The third-order valence-electron chi connectivity index (χ3n) is 3.56. The van der Waals surface area contributed by atoms with E-state index >= 15 is 0 Å². The van der Waals surface area contributed by atoms with Crippen LogP contribution in [0, 0.1) is 11.5 Å². The van der Waals surface area contributed by atoms with E-state index in [4.69, 9.17) is 5.26 Å². The van der Waals surface area contributed by atoms with E-state index in [0.717, 1.165) is 23.4 Å². The average molecular weight is 304 g/mol. The quantitative estimate of drug-likeness (QED) is 0.760. The van der Waals surface area contributed by atoms with Crippen LogP contribution in [0.3, 0.4) is 0 Å². The standard InChI is InChI=1S/C15H11F3N4/c16-15(17,18)12-3-1-10(2-4-12)14-20-7-11-5-6-22(9-19)8-13(11)21-14/h1-4,7H,5-6,8H2. The molecule has 0 amide bonds. The van der Waals surface area contributed by atoms with Crippen LogP contribution in [0.5, 0.6) is 0 Å². The molecule has 0 unspecified atom stereocenters. The van der Waals surface area contributed by atoms with E-state index < -0.39 is 11.7 Å². The third-order valence-corrected chi connectivity index (χ3v) is 3.56. The molecule has 22 heavy (non-hydrogen) atoms. The van der Waals surface area contributed by atoms with Gasteiger partial charge in [0.05, 0.1) is 17.8 Å². The molecule has 0 saturated heterocycles. The fourth-order valence-corrected chi connectivity index (χ4v) is 2.34. The van der Waals surface area contributed by atoms with Crippen LogP contribution in [0.4, 0.5) is 13.2 Å². The first-order valence-corrected chi connectivity index (χ1v) is 6.64. The molecule has 1 aliphatic rings. The predicted octanol–water partition coefficient (Wildman–Crippen LogP) is 3.00. The number of rotatable bonds is 1. The van der Waals surface area contributed by atoms with Gasteiger partial charge in [-0.3, -0.25) is 0 Å². The van der Waals surface area contributed by atoms with Crippen molar-refractivity contribution in [1.29, 1.82) is 5.26 Å². The number of hydrogen-bond donors (Lipinski definition) is 0. The van der Waals surface area contributed by atoms with Gasteiger partial charge in [-0.2, -0.15) is 18.4 Å². The molecule has 0 spiro atoms. The first-order valence-electron chi connectivity index (χ1n) is 6.64. The monoisotopic (exact) mass is 304 g/mol. The van der Waals surface area contributed by atoms with Gasteiger partial charge in [0.25, 0.3) is 0 Å². The van der Waals surface area contributed by atoms with Crippen molar-refractivity contribution >= 4 is 0 Å². The summed E-state index contributed by atoms with van der Waals surface area (Å²) < 4.78 is 37.7. The molecule has 1 aromatic carbocycles. The van der Waals surface area contributed by atoms with Gasteiger partial charge in [0.1, 0.15) is 0 Å². The Bertz CT molecular complexity index is 732. The van der Waals surface area contributed by atoms with E-state index in [1.807, 2.05) is 0 Å². The Kier molecular flexibility index (Phi) is 3.45. The summed E-state index contributed by atoms with van der Waals surface area (Å²) in [7, 11) is 0. The highest BCUT2D eigenvalue weighted by Crippen LogP contribution is 2.30. The maximum absolute atomic E-state index is 12.6. The van der Waals surface area contributed by atoms with Gasteiger partial charge >= 0.3 is 6.18 Å². The van der Waals surface area contributed by atoms with Gasteiger partial charge in [-0.25, -0.2) is 9.97 Å². The molecule has 3 rings (SSSR count). The van der Waals surface area contributed by atoms with Crippen LogP contribution < -0.4 is 0 Å². The lowest BCUT2D eigenvalue weighted by Crippen LogP contribution is -2.27. The SMILES string of the molecule is N#CN1CCc2cnc(-c3ccc(C(F)(F)F)cc3)nc2C1. The Morgan fingerprint density at radius 2 is 1.91 bits per heavy atom. The Morgan fingerprint density at radius 3 is 2.55 bits per heavy atom. The maximum Gasteiger partial charge on any atom is 0.416 e. The van der Waals surface area contributed by atoms with E-state index in [1.165, 1.54) is 12.1 Å². The molecule has 0 N–H and O–H groups in total. The van der Waals surface area contributed by atoms with Gasteiger partial charge in [0.2, 0.25) is 0 Å². The highest BCUT2D eigenvalue weighted by molar-refractivity contribution is 5.56. The number of nitrogens with zero attached hydrogens (tertiary/aromatic N) is 4. The molecule has 0 aliphatic carbocycles. The lowest BCUT2D eigenvalue weighted by atomic mass is 10.1. The maximum atomic E-state index is 12.6. The number of alkyl halides is 3. The van der Waals surface area contributed by atoms with Crippen LogP contribution in [-0.4, -0.2) is 21.4 Å². The molecule has 0 radical (unpaired) electrons. The molecule has 0 atom stereocenters. The fourth-order valence-electron chi connectivity index (χ4n) is 2.34. The largest absolute Gasteiger partial charge is 0.416 e. The number of hydrogen-bond acceptors (Lipinski definition) is 4. The van der Waals surface area contributed by atoms with Crippen molar-refractivity contribution in [1.82, 2.24) is 14.9 Å². The fraction of sp³-hybridized carbons (Fsp3) is 0.267. The molecule has 0 bridgehead atoms. The number of benzene rings is 1. The van der Waals surface area contributed by atoms with E-state index in [1.54, 1.807) is 11.1 Å². The summed E-state index contributed by atoms with van der Waals surface area (Å²) in [5.74, 6) is 0.368. The lowest BCUT2D eigenvalue weighted by Gasteiger charge is -2.22. The molecule has 7 heteroatoms. The molecule has 112 valence electrons. The van der Waals surface area contributed by atoms with Crippen molar-refractivity contribution in [3.63, 3.8) is 0 Å². The minimum absolute atomic E-state index is 0.368. The second-order valence-electron chi connectivity index (χ2n) is 5.01. The van der Waals surface area contributed by atoms with Crippen LogP contribution in [0.2, 0.25) is 0 Å². The molecular weight excluding hydrogens is 293 g/mol. The smallest absolute Gasteiger partial charge is 0.304 e. The van der Waals surface area contributed by atoms with Crippen LogP contribution in [-0.2, 0) is 19.1 Å². The molecule has 0 fully saturated rings. The van der Waals surface area contributed by atoms with Gasteiger partial charge < -0.3 is 4.90 Å². The van der Waals surface area contributed by atoms with Gasteiger partial charge in [0, 0.05) is 18.3 Å². The Labute approximate surface area is 124 Å². The second kappa shape index (κ2) is 5.30. The van der Waals surface area contributed by atoms with E-state index in [9.17, 15) is 13.2 Å². The van der Waals surface area contributed by atoms with Crippen LogP contribution in [0.15, 0.2) is 30.5 Å². The zero-order valence-corrected chi connectivity index (χ0v) is 11.4. The highest BCUT2D eigenvalue weighted by Gasteiger charge is 2.30. The van der Waals surface area contributed by atoms with E-state index in [-0.39, 0.29) is 0 Å². The number of aromatic nitrogens is 2. The molecule has 1 aromatic heterocycles. The molecule has 4 nitrogen and oxygen atoms in total. The van der Waals surface area contributed by atoms with Crippen molar-refractivity contribution in [3.8, 4) is 17.6 Å². The zero-order valence-electron chi connectivity index (χ0n) is 11.4. The third kappa shape index (κ3) is 2.72. The summed E-state index contributed by atoms with van der Waals surface area (Å²) in [4.78, 5) is 10.2. The molecular formula is C15H11F3N4. The van der Waals surface area contributed by atoms with Gasteiger partial charge in [-0.15, -0.1) is 0 Å². The normalized spacial score (nSPS) is 14.4. The van der Waals surface area contributed by atoms with Crippen molar-refractivity contribution in [2.75, 3.05) is 6.54 Å². The Morgan fingerprint density at radius 1 is 1.18 bits per heavy atom. The number of nitriles is 1. The molecule has 1 aliphatic heterocycles. The van der Waals surface area contributed by atoms with E-state index in [2.05, 4.69) is 16.2 Å². The second-order valence-corrected chi connectivity index (χ2v) is 5.01. The summed E-state index contributed by atoms with van der Waals surface area (Å²) in [5, 5.41) is 8.94. The first-order chi connectivity index (χ1) is 10.5. The van der Waals surface area contributed by atoms with Crippen LogP contribution >= 0.6 is 0 Å². The van der Waals surface area contributed by atoms with Gasteiger partial charge in [0.15, 0.2) is 12.0 Å². The number of fused-ring (bicyclic) bond motifs is 1. The van der Waals surface area contributed by atoms with Crippen LogP contribution in [0.25, 0.3) is 11.4 Å². The summed E-state index contributed by atoms with van der Waals surface area (Å²) in [5.41, 5.74) is 1.54. The summed E-state index contributed by atoms with van der Waals surface area (Å²) in [6.45, 7) is 1.04. The topological polar surface area (TPSA) is 52.8 Å². The molecule has 0 saturated carbocycles. The van der Waals surface area contributed by atoms with Gasteiger partial charge in [-0.1, -0.05) is 12.1 Å². The Hall–Kier alpha value is -2.62. The highest BCUT2D eigenvalue weighted by atomic mass is 19.4. The number of halogens is 3. The summed E-state index contributed by atoms with van der Waals surface area (Å²) in [6, 6.07) is 4.74. The van der Waals surface area contributed by atoms with Crippen molar-refractivity contribution in [2.45, 2.75) is 19.1 Å². The minimum Gasteiger partial charge on any atom is -0.304 e. The first kappa shape index (κ1) is 14.3. The van der Waals surface area contributed by atoms with Crippen molar-refractivity contribution in [2.24, 2.45) is 0 Å². The predicted molar refractivity (Wildman–Crippen MR) is 72.2 cm³/mol. The molecule has 2 aromatic rings. The van der Waals surface area contributed by atoms with Crippen molar-refractivity contribution < 1.29 is 13.2 Å². The van der Waals surface area contributed by atoms with Gasteiger partial charge in [-0.05, 0) is 24.1 Å². The zero-order chi connectivity index (χ0) is 15.7. The van der Waals surface area contributed by atoms with Crippen LogP contribution in [0.1, 0.15) is 16.8 Å². The summed E-state index contributed by atoms with van der Waals surface area (Å²) in [6.07, 6.45) is 0.0927.